The Balaban J connectivity index is 1.20. The van der Waals surface area contributed by atoms with Crippen LogP contribution in [-0.4, -0.2) is 65.0 Å². The fourth-order valence-electron chi connectivity index (χ4n) is 4.88. The van der Waals surface area contributed by atoms with Crippen molar-refractivity contribution in [3.8, 4) is 17.1 Å². The highest BCUT2D eigenvalue weighted by Crippen LogP contribution is 2.25. The highest BCUT2D eigenvalue weighted by Gasteiger charge is 2.28. The predicted molar refractivity (Wildman–Crippen MR) is 134 cm³/mol. The molecule has 2 aliphatic heterocycles. The highest BCUT2D eigenvalue weighted by molar-refractivity contribution is 6.04. The summed E-state index contributed by atoms with van der Waals surface area (Å²) in [6.45, 7) is 3.47. The van der Waals surface area contributed by atoms with Crippen LogP contribution in [-0.2, 0) is 11.3 Å². The van der Waals surface area contributed by atoms with E-state index in [1.807, 2.05) is 41.3 Å². The lowest BCUT2D eigenvalue weighted by atomic mass is 9.96. The Bertz CT molecular complexity index is 1200. The number of anilines is 1. The van der Waals surface area contributed by atoms with Crippen molar-refractivity contribution in [1.29, 1.82) is 0 Å². The van der Waals surface area contributed by atoms with Gasteiger partial charge >= 0.3 is 0 Å². The summed E-state index contributed by atoms with van der Waals surface area (Å²) in [4.78, 5) is 34.7. The minimum Gasteiger partial charge on any atom is -0.497 e. The van der Waals surface area contributed by atoms with Gasteiger partial charge in [0.15, 0.2) is 0 Å². The van der Waals surface area contributed by atoms with E-state index in [9.17, 15) is 9.59 Å². The Morgan fingerprint density at radius 2 is 1.83 bits per heavy atom. The zero-order valence-electron chi connectivity index (χ0n) is 20.5. The van der Waals surface area contributed by atoms with Crippen LogP contribution in [0.15, 0.2) is 53.1 Å². The minimum absolute atomic E-state index is 0.0160. The number of nitrogens with zero attached hydrogens (tertiary/aromatic N) is 4. The molecule has 0 spiro atoms. The molecule has 2 amide bonds. The largest absolute Gasteiger partial charge is 0.497 e. The number of likely N-dealkylation sites (tertiary alicyclic amines) is 2. The Morgan fingerprint density at radius 3 is 2.61 bits per heavy atom. The summed E-state index contributed by atoms with van der Waals surface area (Å²) >= 11 is 0. The number of nitrogens with one attached hydrogen (secondary N) is 1. The van der Waals surface area contributed by atoms with E-state index in [2.05, 4.69) is 20.4 Å². The molecule has 2 fully saturated rings. The number of hydrogen-bond acceptors (Lipinski definition) is 7. The number of amides is 2. The normalized spacial score (nSPS) is 18.2. The Labute approximate surface area is 210 Å². The maximum atomic E-state index is 13.2. The fourth-order valence-corrected chi connectivity index (χ4v) is 4.88. The van der Waals surface area contributed by atoms with Crippen LogP contribution >= 0.6 is 0 Å². The van der Waals surface area contributed by atoms with Crippen molar-refractivity contribution in [1.82, 2.24) is 19.9 Å². The smallest absolute Gasteiger partial charge is 0.255 e. The van der Waals surface area contributed by atoms with Crippen LogP contribution < -0.4 is 10.1 Å². The number of ether oxygens (including phenoxy) is 1. The molecule has 9 nitrogen and oxygen atoms in total. The molecule has 0 bridgehead atoms. The molecule has 2 aromatic carbocycles. The van der Waals surface area contributed by atoms with Crippen LogP contribution in [0, 0.1) is 5.92 Å². The number of aromatic nitrogens is 2. The third-order valence-electron chi connectivity index (χ3n) is 6.86. The standard InChI is InChI=1S/C27H31N5O4/c1-35-21-12-10-19(11-13-21)25-29-24(36-30-25)18-31-14-6-7-20(17-31)26(33)28-23-9-3-2-8-22(23)27(34)32-15-4-5-16-32/h2-3,8-13,20H,4-7,14-18H2,1H3,(H,28,33). The summed E-state index contributed by atoms with van der Waals surface area (Å²) < 4.78 is 10.7. The summed E-state index contributed by atoms with van der Waals surface area (Å²) in [6, 6.07) is 14.8. The van der Waals surface area contributed by atoms with Crippen molar-refractivity contribution in [3.63, 3.8) is 0 Å². The maximum Gasteiger partial charge on any atom is 0.255 e. The number of piperidine rings is 1. The third kappa shape index (κ3) is 5.41. The van der Waals surface area contributed by atoms with Crippen LogP contribution in [0.25, 0.3) is 11.4 Å². The molecule has 2 saturated heterocycles. The molecule has 36 heavy (non-hydrogen) atoms. The van der Waals surface area contributed by atoms with E-state index in [0.29, 0.717) is 36.1 Å². The lowest BCUT2D eigenvalue weighted by Crippen LogP contribution is -2.40. The number of carbonyl (C=O) groups excluding carboxylic acids is 2. The Kier molecular flexibility index (Phi) is 7.27. The van der Waals surface area contributed by atoms with Crippen LogP contribution in [0.2, 0.25) is 0 Å². The number of hydrogen-bond donors (Lipinski definition) is 1. The van der Waals surface area contributed by atoms with Crippen LogP contribution in [0.4, 0.5) is 5.69 Å². The summed E-state index contributed by atoms with van der Waals surface area (Å²) in [5, 5.41) is 7.14. The molecule has 0 saturated carbocycles. The van der Waals surface area contributed by atoms with Crippen LogP contribution in [0.5, 0.6) is 5.75 Å². The lowest BCUT2D eigenvalue weighted by Gasteiger charge is -2.31. The van der Waals surface area contributed by atoms with Crippen molar-refractivity contribution in [2.45, 2.75) is 32.2 Å². The van der Waals surface area contributed by atoms with Crippen molar-refractivity contribution < 1.29 is 18.8 Å². The van der Waals surface area contributed by atoms with E-state index < -0.39 is 0 Å². The van der Waals surface area contributed by atoms with E-state index in [1.54, 1.807) is 19.2 Å². The number of benzene rings is 2. The van der Waals surface area contributed by atoms with Gasteiger partial charge in [-0.25, -0.2) is 0 Å². The first kappa shape index (κ1) is 24.0. The van der Waals surface area contributed by atoms with Crippen LogP contribution in [0.1, 0.15) is 41.9 Å². The van der Waals surface area contributed by atoms with Gasteiger partial charge in [-0.2, -0.15) is 4.98 Å². The van der Waals surface area contributed by atoms with Crippen molar-refractivity contribution in [3.05, 3.63) is 60.0 Å². The van der Waals surface area contributed by atoms with Crippen molar-refractivity contribution >= 4 is 17.5 Å². The Morgan fingerprint density at radius 1 is 1.06 bits per heavy atom. The highest BCUT2D eigenvalue weighted by atomic mass is 16.5. The SMILES string of the molecule is COc1ccc(-c2noc(CN3CCCC(C(=O)Nc4ccccc4C(=O)N4CCCC4)C3)n2)cc1. The van der Waals surface area contributed by atoms with Gasteiger partial charge in [-0.15, -0.1) is 0 Å². The first-order valence-electron chi connectivity index (χ1n) is 12.5. The zero-order valence-corrected chi connectivity index (χ0v) is 20.5. The van der Waals surface area contributed by atoms with Gasteiger partial charge in [0.1, 0.15) is 5.75 Å². The predicted octanol–water partition coefficient (Wildman–Crippen LogP) is 3.83. The van der Waals surface area contributed by atoms with Crippen LogP contribution in [0.3, 0.4) is 0 Å². The number of para-hydroxylation sites is 1. The average Bonchev–Trinajstić information content (AvgIpc) is 3.62. The second-order valence-corrected chi connectivity index (χ2v) is 9.35. The summed E-state index contributed by atoms with van der Waals surface area (Å²) in [5.41, 5.74) is 1.98. The first-order chi connectivity index (χ1) is 17.6. The van der Waals surface area contributed by atoms with E-state index in [-0.39, 0.29) is 17.7 Å². The van der Waals surface area contributed by atoms with E-state index in [4.69, 9.17) is 9.26 Å². The van der Waals surface area contributed by atoms with Gasteiger partial charge in [0.25, 0.3) is 5.91 Å². The van der Waals surface area contributed by atoms with E-state index in [0.717, 1.165) is 56.6 Å². The van der Waals surface area contributed by atoms with Gasteiger partial charge in [-0.3, -0.25) is 14.5 Å². The van der Waals surface area contributed by atoms with Gasteiger partial charge in [-0.05, 0) is 68.6 Å². The molecule has 1 atom stereocenters. The molecule has 3 heterocycles. The summed E-state index contributed by atoms with van der Waals surface area (Å²) in [6.07, 6.45) is 3.75. The third-order valence-corrected chi connectivity index (χ3v) is 6.86. The molecule has 9 heteroatoms. The summed E-state index contributed by atoms with van der Waals surface area (Å²) in [7, 11) is 1.63. The summed E-state index contributed by atoms with van der Waals surface area (Å²) in [5.74, 6) is 1.55. The lowest BCUT2D eigenvalue weighted by molar-refractivity contribution is -0.121. The maximum absolute atomic E-state index is 13.2. The Hall–Kier alpha value is -3.72. The van der Waals surface area contributed by atoms with Gasteiger partial charge in [-0.1, -0.05) is 17.3 Å². The molecule has 188 valence electrons. The first-order valence-corrected chi connectivity index (χ1v) is 12.5. The molecule has 1 N–H and O–H groups in total. The second kappa shape index (κ2) is 10.9. The van der Waals surface area contributed by atoms with Crippen molar-refractivity contribution in [2.24, 2.45) is 5.92 Å². The van der Waals surface area contributed by atoms with Gasteiger partial charge in [0.05, 0.1) is 30.8 Å². The second-order valence-electron chi connectivity index (χ2n) is 9.35. The molecule has 2 aliphatic rings. The van der Waals surface area contributed by atoms with E-state index in [1.165, 1.54) is 0 Å². The molecule has 0 radical (unpaired) electrons. The topological polar surface area (TPSA) is 101 Å². The average molecular weight is 490 g/mol. The molecule has 1 unspecified atom stereocenters. The fraction of sp³-hybridized carbons (Fsp3) is 0.407. The molecular weight excluding hydrogens is 458 g/mol. The van der Waals surface area contributed by atoms with Gasteiger partial charge in [0.2, 0.25) is 17.6 Å². The molecule has 0 aliphatic carbocycles. The monoisotopic (exact) mass is 489 g/mol. The van der Waals surface area contributed by atoms with Gasteiger partial charge < -0.3 is 19.5 Å². The number of methoxy groups -OCH3 is 1. The van der Waals surface area contributed by atoms with E-state index >= 15 is 0 Å². The molecular formula is C27H31N5O4. The van der Waals surface area contributed by atoms with Gasteiger partial charge in [0, 0.05) is 25.2 Å². The molecule has 5 rings (SSSR count). The number of carbonyl (C=O) groups is 2. The zero-order chi connectivity index (χ0) is 24.9. The molecule has 3 aromatic rings. The number of rotatable bonds is 7. The minimum atomic E-state index is -0.183. The molecule has 1 aromatic heterocycles. The van der Waals surface area contributed by atoms with Crippen molar-refractivity contribution in [2.75, 3.05) is 38.6 Å². The quantitative estimate of drug-likeness (QED) is 0.538.